The van der Waals surface area contributed by atoms with Crippen molar-refractivity contribution in [2.75, 3.05) is 46.9 Å². The molecule has 0 radical (unpaired) electrons. The summed E-state index contributed by atoms with van der Waals surface area (Å²) in [6, 6.07) is 0. The fourth-order valence-corrected chi connectivity index (χ4v) is 2.45. The average Bonchev–Trinajstić information content (AvgIpc) is 2.60. The first-order valence-electron chi connectivity index (χ1n) is 6.13. The van der Waals surface area contributed by atoms with E-state index >= 15 is 0 Å². The normalized spacial score (nSPS) is 25.0. The standard InChI is InChI=1S/C12H26N2O/c1-4-11(10-15)7-14(3)9-12-5-6-13(2)8-12/h11-12,15H,4-10H2,1-3H3. The fourth-order valence-electron chi connectivity index (χ4n) is 2.45. The number of aliphatic hydroxyl groups excluding tert-OH is 1. The molecule has 0 aliphatic carbocycles. The fraction of sp³-hybridized carbons (Fsp3) is 1.00. The lowest BCUT2D eigenvalue weighted by atomic mass is 10.1. The van der Waals surface area contributed by atoms with Crippen LogP contribution in [0.25, 0.3) is 0 Å². The Morgan fingerprint density at radius 1 is 1.53 bits per heavy atom. The molecule has 1 heterocycles. The van der Waals surface area contributed by atoms with Crippen LogP contribution in [0.2, 0.25) is 0 Å². The maximum atomic E-state index is 9.14. The number of rotatable bonds is 6. The molecule has 2 unspecified atom stereocenters. The predicted octanol–water partition coefficient (Wildman–Crippen LogP) is 0.888. The minimum absolute atomic E-state index is 0.325. The van der Waals surface area contributed by atoms with Crippen LogP contribution in [0.4, 0.5) is 0 Å². The number of nitrogens with zero attached hydrogens (tertiary/aromatic N) is 2. The molecule has 3 heteroatoms. The molecule has 3 nitrogen and oxygen atoms in total. The van der Waals surface area contributed by atoms with Gasteiger partial charge in [0.15, 0.2) is 0 Å². The van der Waals surface area contributed by atoms with Gasteiger partial charge in [-0.2, -0.15) is 0 Å². The third kappa shape index (κ3) is 4.49. The van der Waals surface area contributed by atoms with E-state index in [2.05, 4.69) is 30.8 Å². The molecule has 1 aliphatic heterocycles. The molecule has 1 saturated heterocycles. The van der Waals surface area contributed by atoms with Gasteiger partial charge in [0.05, 0.1) is 0 Å². The summed E-state index contributed by atoms with van der Waals surface area (Å²) < 4.78 is 0. The second kappa shape index (κ2) is 6.46. The highest BCUT2D eigenvalue weighted by Crippen LogP contribution is 2.15. The summed E-state index contributed by atoms with van der Waals surface area (Å²) in [5.74, 6) is 1.28. The second-order valence-electron chi connectivity index (χ2n) is 5.10. The van der Waals surface area contributed by atoms with Crippen molar-refractivity contribution in [2.24, 2.45) is 11.8 Å². The predicted molar refractivity (Wildman–Crippen MR) is 64.0 cm³/mol. The zero-order valence-corrected chi connectivity index (χ0v) is 10.4. The molecular formula is C12H26N2O. The Morgan fingerprint density at radius 3 is 2.73 bits per heavy atom. The third-order valence-electron chi connectivity index (χ3n) is 3.46. The Labute approximate surface area is 94.1 Å². The molecule has 1 N–H and O–H groups in total. The van der Waals surface area contributed by atoms with Crippen LogP contribution in [-0.2, 0) is 0 Å². The highest BCUT2D eigenvalue weighted by Gasteiger charge is 2.21. The maximum Gasteiger partial charge on any atom is 0.0471 e. The Balaban J connectivity index is 2.20. The number of hydrogen-bond acceptors (Lipinski definition) is 3. The minimum Gasteiger partial charge on any atom is -0.396 e. The van der Waals surface area contributed by atoms with Crippen molar-refractivity contribution in [1.82, 2.24) is 9.80 Å². The summed E-state index contributed by atoms with van der Waals surface area (Å²) in [7, 11) is 4.37. The zero-order chi connectivity index (χ0) is 11.3. The topological polar surface area (TPSA) is 26.7 Å². The molecule has 0 aromatic rings. The van der Waals surface area contributed by atoms with Gasteiger partial charge in [-0.15, -0.1) is 0 Å². The van der Waals surface area contributed by atoms with E-state index in [1.807, 2.05) is 0 Å². The van der Waals surface area contributed by atoms with Crippen molar-refractivity contribution in [3.8, 4) is 0 Å². The molecule has 15 heavy (non-hydrogen) atoms. The Bertz CT molecular complexity index is 171. The van der Waals surface area contributed by atoms with Crippen LogP contribution in [0.3, 0.4) is 0 Å². The minimum atomic E-state index is 0.325. The van der Waals surface area contributed by atoms with Gasteiger partial charge in [0.1, 0.15) is 0 Å². The van der Waals surface area contributed by atoms with E-state index in [1.54, 1.807) is 0 Å². The van der Waals surface area contributed by atoms with Crippen LogP contribution in [0, 0.1) is 11.8 Å². The van der Waals surface area contributed by atoms with Crippen molar-refractivity contribution >= 4 is 0 Å². The van der Waals surface area contributed by atoms with Crippen molar-refractivity contribution in [2.45, 2.75) is 19.8 Å². The number of aliphatic hydroxyl groups is 1. The van der Waals surface area contributed by atoms with Crippen LogP contribution in [0.15, 0.2) is 0 Å². The van der Waals surface area contributed by atoms with Crippen molar-refractivity contribution < 1.29 is 5.11 Å². The second-order valence-corrected chi connectivity index (χ2v) is 5.10. The molecule has 1 fully saturated rings. The summed E-state index contributed by atoms with van der Waals surface area (Å²) in [5, 5.41) is 9.14. The van der Waals surface area contributed by atoms with Crippen molar-refractivity contribution in [3.63, 3.8) is 0 Å². The largest absolute Gasteiger partial charge is 0.396 e. The Kier molecular flexibility index (Phi) is 5.58. The van der Waals surface area contributed by atoms with Crippen LogP contribution in [0.1, 0.15) is 19.8 Å². The number of hydrogen-bond donors (Lipinski definition) is 1. The average molecular weight is 214 g/mol. The molecule has 0 amide bonds. The summed E-state index contributed by atoms with van der Waals surface area (Å²) in [5.41, 5.74) is 0. The lowest BCUT2D eigenvalue weighted by Crippen LogP contribution is -2.32. The van der Waals surface area contributed by atoms with Gasteiger partial charge in [-0.25, -0.2) is 0 Å². The summed E-state index contributed by atoms with van der Waals surface area (Å²) >= 11 is 0. The van der Waals surface area contributed by atoms with Gasteiger partial charge in [-0.1, -0.05) is 6.92 Å². The van der Waals surface area contributed by atoms with Gasteiger partial charge in [-0.3, -0.25) is 0 Å². The van der Waals surface area contributed by atoms with Gasteiger partial charge < -0.3 is 14.9 Å². The van der Waals surface area contributed by atoms with E-state index in [9.17, 15) is 0 Å². The molecule has 1 rings (SSSR count). The summed E-state index contributed by atoms with van der Waals surface area (Å²) in [6.45, 7) is 7.17. The molecule has 2 atom stereocenters. The van der Waals surface area contributed by atoms with E-state index in [1.165, 1.54) is 26.1 Å². The van der Waals surface area contributed by atoms with Crippen molar-refractivity contribution in [1.29, 1.82) is 0 Å². The first-order valence-corrected chi connectivity index (χ1v) is 6.13. The smallest absolute Gasteiger partial charge is 0.0471 e. The third-order valence-corrected chi connectivity index (χ3v) is 3.46. The highest BCUT2D eigenvalue weighted by atomic mass is 16.3. The van der Waals surface area contributed by atoms with Crippen LogP contribution < -0.4 is 0 Å². The highest BCUT2D eigenvalue weighted by molar-refractivity contribution is 4.76. The molecule has 0 saturated carbocycles. The van der Waals surface area contributed by atoms with Crippen LogP contribution in [0.5, 0.6) is 0 Å². The Morgan fingerprint density at radius 2 is 2.27 bits per heavy atom. The molecule has 1 aliphatic rings. The first-order chi connectivity index (χ1) is 7.15. The van der Waals surface area contributed by atoms with E-state index in [-0.39, 0.29) is 0 Å². The monoisotopic (exact) mass is 214 g/mol. The van der Waals surface area contributed by atoms with Gasteiger partial charge in [0, 0.05) is 26.2 Å². The molecule has 90 valence electrons. The van der Waals surface area contributed by atoms with Gasteiger partial charge >= 0.3 is 0 Å². The van der Waals surface area contributed by atoms with Crippen molar-refractivity contribution in [3.05, 3.63) is 0 Å². The SMILES string of the molecule is CCC(CO)CN(C)CC1CCN(C)C1. The van der Waals surface area contributed by atoms with Crippen LogP contribution >= 0.6 is 0 Å². The quantitative estimate of drug-likeness (QED) is 0.711. The maximum absolute atomic E-state index is 9.14. The Hall–Kier alpha value is -0.120. The van der Waals surface area contributed by atoms with Gasteiger partial charge in [0.25, 0.3) is 0 Å². The molecule has 0 bridgehead atoms. The van der Waals surface area contributed by atoms with Gasteiger partial charge in [-0.05, 0) is 45.3 Å². The molecule has 0 spiro atoms. The zero-order valence-electron chi connectivity index (χ0n) is 10.4. The number of likely N-dealkylation sites (tertiary alicyclic amines) is 1. The van der Waals surface area contributed by atoms with E-state index in [0.29, 0.717) is 12.5 Å². The van der Waals surface area contributed by atoms with E-state index in [0.717, 1.165) is 18.9 Å². The molecule has 0 aromatic heterocycles. The first kappa shape index (κ1) is 12.9. The summed E-state index contributed by atoms with van der Waals surface area (Å²) in [4.78, 5) is 4.79. The lowest BCUT2D eigenvalue weighted by Gasteiger charge is -2.24. The van der Waals surface area contributed by atoms with E-state index < -0.39 is 0 Å². The van der Waals surface area contributed by atoms with Crippen LogP contribution in [-0.4, -0.2) is 61.8 Å². The molecule has 0 aromatic carbocycles. The summed E-state index contributed by atoms with van der Waals surface area (Å²) in [6.07, 6.45) is 2.40. The lowest BCUT2D eigenvalue weighted by molar-refractivity contribution is 0.165. The molecular weight excluding hydrogens is 188 g/mol. The van der Waals surface area contributed by atoms with E-state index in [4.69, 9.17) is 5.11 Å². The van der Waals surface area contributed by atoms with Gasteiger partial charge in [0.2, 0.25) is 0 Å².